The van der Waals surface area contributed by atoms with Crippen LogP contribution in [0.4, 0.5) is 13.2 Å². The molecule has 0 aromatic heterocycles. The molecule has 1 heterocycles. The molecule has 1 aliphatic heterocycles. The highest BCUT2D eigenvalue weighted by molar-refractivity contribution is 6.30. The van der Waals surface area contributed by atoms with Crippen LogP contribution in [-0.4, -0.2) is 74.2 Å². The Hall–Kier alpha value is -2.00. The lowest BCUT2D eigenvalue weighted by atomic mass is 10.0. The summed E-state index contributed by atoms with van der Waals surface area (Å²) in [6.45, 7) is 1.15. The number of hydrogen-bond donors (Lipinski definition) is 2. The van der Waals surface area contributed by atoms with Gasteiger partial charge >= 0.3 is 6.18 Å². The molecule has 1 aliphatic rings. The molecular weight excluding hydrogens is 407 g/mol. The lowest BCUT2D eigenvalue weighted by Crippen LogP contribution is -2.50. The van der Waals surface area contributed by atoms with Crippen molar-refractivity contribution in [1.29, 1.82) is 0 Å². The molecule has 1 saturated heterocycles. The lowest BCUT2D eigenvalue weighted by molar-refractivity contribution is -0.157. The number of nitrogens with zero attached hydrogens (tertiary/aromatic N) is 3. The largest absolute Gasteiger partial charge is 0.406 e. The molecule has 0 radical (unpaired) electrons. The van der Waals surface area contributed by atoms with E-state index in [1.165, 1.54) is 5.56 Å². The van der Waals surface area contributed by atoms with Crippen LogP contribution in [0.3, 0.4) is 0 Å². The molecule has 0 spiro atoms. The van der Waals surface area contributed by atoms with Crippen molar-refractivity contribution in [1.82, 2.24) is 20.4 Å². The Morgan fingerprint density at radius 3 is 2.45 bits per heavy atom. The second-order valence-electron chi connectivity index (χ2n) is 7.11. The first-order valence-corrected chi connectivity index (χ1v) is 9.79. The Labute approximate surface area is 174 Å². The highest BCUT2D eigenvalue weighted by atomic mass is 35.5. The molecule has 0 atom stereocenters. The number of amides is 1. The average Bonchev–Trinajstić information content (AvgIpc) is 2.66. The zero-order chi connectivity index (χ0) is 21.4. The van der Waals surface area contributed by atoms with Crippen LogP contribution in [0.25, 0.3) is 0 Å². The number of aliphatic imine (C=N–C) groups is 1. The van der Waals surface area contributed by atoms with Crippen LogP contribution in [-0.2, 0) is 11.3 Å². The van der Waals surface area contributed by atoms with Crippen LogP contribution in [0.15, 0.2) is 29.3 Å². The van der Waals surface area contributed by atoms with Crippen LogP contribution < -0.4 is 10.6 Å². The Morgan fingerprint density at radius 2 is 1.90 bits per heavy atom. The Kier molecular flexibility index (Phi) is 8.58. The van der Waals surface area contributed by atoms with Gasteiger partial charge in [0.1, 0.15) is 6.54 Å². The molecule has 2 rings (SSSR count). The number of piperidine rings is 1. The summed E-state index contributed by atoms with van der Waals surface area (Å²) in [5.74, 6) is -0.238. The van der Waals surface area contributed by atoms with Gasteiger partial charge in [-0.1, -0.05) is 23.7 Å². The summed E-state index contributed by atoms with van der Waals surface area (Å²) < 4.78 is 37.1. The Balaban J connectivity index is 1.72. The van der Waals surface area contributed by atoms with E-state index in [0.29, 0.717) is 10.9 Å². The minimum absolute atomic E-state index is 0.186. The van der Waals surface area contributed by atoms with Gasteiger partial charge in [-0.3, -0.25) is 14.7 Å². The van der Waals surface area contributed by atoms with E-state index in [2.05, 4.69) is 20.5 Å². The number of likely N-dealkylation sites (tertiary alicyclic amines) is 1. The van der Waals surface area contributed by atoms with Crippen molar-refractivity contribution in [2.75, 3.05) is 40.3 Å². The van der Waals surface area contributed by atoms with Crippen LogP contribution >= 0.6 is 11.6 Å². The molecule has 1 aromatic carbocycles. The third-order valence-electron chi connectivity index (χ3n) is 4.72. The average molecular weight is 434 g/mol. The topological polar surface area (TPSA) is 60.0 Å². The highest BCUT2D eigenvalue weighted by Crippen LogP contribution is 2.16. The number of alkyl halides is 3. The second-order valence-corrected chi connectivity index (χ2v) is 7.55. The van der Waals surface area contributed by atoms with Gasteiger partial charge in [0.2, 0.25) is 5.91 Å². The van der Waals surface area contributed by atoms with Crippen LogP contribution in [0, 0.1) is 0 Å². The zero-order valence-electron chi connectivity index (χ0n) is 16.6. The predicted molar refractivity (Wildman–Crippen MR) is 108 cm³/mol. The second kappa shape index (κ2) is 10.7. The number of carbonyl (C=O) groups excluding carboxylic acids is 1. The summed E-state index contributed by atoms with van der Waals surface area (Å²) in [4.78, 5) is 18.9. The third kappa shape index (κ3) is 8.49. The van der Waals surface area contributed by atoms with Crippen LogP contribution in [0.5, 0.6) is 0 Å². The molecule has 0 aliphatic carbocycles. The van der Waals surface area contributed by atoms with E-state index in [1.54, 1.807) is 7.05 Å². The molecule has 6 nitrogen and oxygen atoms in total. The van der Waals surface area contributed by atoms with E-state index in [1.807, 2.05) is 24.3 Å². The minimum atomic E-state index is -4.41. The number of halogens is 4. The Bertz CT molecular complexity index is 688. The van der Waals surface area contributed by atoms with Crippen molar-refractivity contribution in [2.45, 2.75) is 31.6 Å². The molecule has 10 heteroatoms. The van der Waals surface area contributed by atoms with Gasteiger partial charge in [0, 0.05) is 44.8 Å². The number of benzene rings is 1. The van der Waals surface area contributed by atoms with Gasteiger partial charge in [-0.05, 0) is 30.5 Å². The SMILES string of the molecule is CN=C(NCC(=O)N(C)CC(F)(F)F)NC1CCN(Cc2ccc(Cl)cc2)CC1. The molecule has 162 valence electrons. The number of likely N-dealkylation sites (N-methyl/N-ethyl adjacent to an activating group) is 1. The van der Waals surface area contributed by atoms with Crippen molar-refractivity contribution >= 4 is 23.5 Å². The number of rotatable bonds is 6. The summed E-state index contributed by atoms with van der Waals surface area (Å²) >= 11 is 5.91. The molecule has 1 aromatic rings. The molecular formula is C19H27ClF3N5O. The molecule has 2 N–H and O–H groups in total. The van der Waals surface area contributed by atoms with Crippen molar-refractivity contribution in [3.8, 4) is 0 Å². The maximum atomic E-state index is 12.4. The summed E-state index contributed by atoms with van der Waals surface area (Å²) in [7, 11) is 2.69. The maximum Gasteiger partial charge on any atom is 0.406 e. The number of carbonyl (C=O) groups is 1. The van der Waals surface area contributed by atoms with Crippen molar-refractivity contribution in [2.24, 2.45) is 4.99 Å². The first-order valence-electron chi connectivity index (χ1n) is 9.41. The van der Waals surface area contributed by atoms with Gasteiger partial charge in [-0.25, -0.2) is 0 Å². The van der Waals surface area contributed by atoms with Gasteiger partial charge in [-0.2, -0.15) is 13.2 Å². The van der Waals surface area contributed by atoms with Crippen molar-refractivity contribution in [3.63, 3.8) is 0 Å². The van der Waals surface area contributed by atoms with Gasteiger partial charge in [0.05, 0.1) is 6.54 Å². The standard InChI is InChI=1S/C19H27ClF3N5O/c1-24-18(25-11-17(29)27(2)13-19(21,22)23)26-16-7-9-28(10-8-16)12-14-3-5-15(20)6-4-14/h3-6,16H,7-13H2,1-2H3,(H2,24,25,26). The summed E-state index contributed by atoms with van der Waals surface area (Å²) in [6, 6.07) is 7.99. The predicted octanol–water partition coefficient (Wildman–Crippen LogP) is 2.49. The molecule has 0 bridgehead atoms. The number of guanidine groups is 1. The monoisotopic (exact) mass is 433 g/mol. The highest BCUT2D eigenvalue weighted by Gasteiger charge is 2.31. The van der Waals surface area contributed by atoms with E-state index in [0.717, 1.165) is 44.5 Å². The van der Waals surface area contributed by atoms with E-state index in [9.17, 15) is 18.0 Å². The quantitative estimate of drug-likeness (QED) is 0.534. The molecule has 1 amide bonds. The van der Waals surface area contributed by atoms with Crippen molar-refractivity contribution < 1.29 is 18.0 Å². The fraction of sp³-hybridized carbons (Fsp3) is 0.579. The lowest BCUT2D eigenvalue weighted by Gasteiger charge is -2.33. The molecule has 0 saturated carbocycles. The Morgan fingerprint density at radius 1 is 1.28 bits per heavy atom. The zero-order valence-corrected chi connectivity index (χ0v) is 17.4. The number of hydrogen-bond acceptors (Lipinski definition) is 3. The van der Waals surface area contributed by atoms with Crippen molar-refractivity contribution in [3.05, 3.63) is 34.9 Å². The summed E-state index contributed by atoms with van der Waals surface area (Å²) in [6.07, 6.45) is -2.61. The molecule has 29 heavy (non-hydrogen) atoms. The van der Waals surface area contributed by atoms with Gasteiger partial charge in [0.15, 0.2) is 5.96 Å². The summed E-state index contributed by atoms with van der Waals surface area (Å²) in [5.41, 5.74) is 1.21. The maximum absolute atomic E-state index is 12.4. The van der Waals surface area contributed by atoms with Gasteiger partial charge in [0.25, 0.3) is 0 Å². The van der Waals surface area contributed by atoms with E-state index < -0.39 is 18.6 Å². The van der Waals surface area contributed by atoms with Crippen LogP contribution in [0.1, 0.15) is 18.4 Å². The van der Waals surface area contributed by atoms with E-state index >= 15 is 0 Å². The van der Waals surface area contributed by atoms with Gasteiger partial charge < -0.3 is 15.5 Å². The normalized spacial score (nSPS) is 16.6. The first-order chi connectivity index (χ1) is 13.7. The third-order valence-corrected chi connectivity index (χ3v) is 4.97. The molecule has 0 unspecified atom stereocenters. The smallest absolute Gasteiger partial charge is 0.354 e. The van der Waals surface area contributed by atoms with Gasteiger partial charge in [-0.15, -0.1) is 0 Å². The summed E-state index contributed by atoms with van der Waals surface area (Å²) in [5, 5.41) is 6.76. The first kappa shape index (κ1) is 23.3. The van der Waals surface area contributed by atoms with E-state index in [-0.39, 0.29) is 12.6 Å². The minimum Gasteiger partial charge on any atom is -0.354 e. The fourth-order valence-corrected chi connectivity index (χ4v) is 3.25. The number of nitrogens with one attached hydrogen (secondary N) is 2. The molecule has 1 fully saturated rings. The fourth-order valence-electron chi connectivity index (χ4n) is 3.12. The van der Waals surface area contributed by atoms with Crippen LogP contribution in [0.2, 0.25) is 5.02 Å². The van der Waals surface area contributed by atoms with E-state index in [4.69, 9.17) is 11.6 Å².